The molecule has 0 bridgehead atoms. The predicted octanol–water partition coefficient (Wildman–Crippen LogP) is 14.1. The second-order valence-electron chi connectivity index (χ2n) is 18.1. The number of rotatable bonds is 2. The van der Waals surface area contributed by atoms with Gasteiger partial charge in [-0.15, -0.1) is 22.7 Å². The number of nitrogens with zero attached hydrogens (tertiary/aromatic N) is 2. The first-order valence-electron chi connectivity index (χ1n) is 20.4. The van der Waals surface area contributed by atoms with Gasteiger partial charge in [0, 0.05) is 47.2 Å². The van der Waals surface area contributed by atoms with E-state index in [1.54, 1.807) is 0 Å². The zero-order valence-electron chi connectivity index (χ0n) is 33.3. The Morgan fingerprint density at radius 3 is 1.95 bits per heavy atom. The molecular formula is C52H43BN2S2. The minimum Gasteiger partial charge on any atom is -0.376 e. The highest BCUT2D eigenvalue weighted by Crippen LogP contribution is 2.55. The quantitative estimate of drug-likeness (QED) is 0.162. The number of anilines is 5. The third-order valence-electron chi connectivity index (χ3n) is 13.7. The lowest BCUT2D eigenvalue weighted by Gasteiger charge is -2.46. The van der Waals surface area contributed by atoms with Crippen LogP contribution in [0.5, 0.6) is 0 Å². The van der Waals surface area contributed by atoms with Crippen LogP contribution < -0.4 is 20.6 Å². The summed E-state index contributed by atoms with van der Waals surface area (Å²) in [5.74, 6) is 0. The summed E-state index contributed by atoms with van der Waals surface area (Å²) in [6, 6.07) is 49.2. The van der Waals surface area contributed by atoms with Crippen molar-refractivity contribution in [3.05, 3.63) is 150 Å². The molecule has 0 amide bonds. The fraction of sp³-hybridized carbons (Fsp3) is 0.192. The number of hydrogen-bond donors (Lipinski definition) is 0. The summed E-state index contributed by atoms with van der Waals surface area (Å²) in [6.07, 6.45) is 2.39. The first kappa shape index (κ1) is 33.8. The van der Waals surface area contributed by atoms with E-state index in [4.69, 9.17) is 0 Å². The molecule has 12 rings (SSSR count). The molecule has 2 aliphatic heterocycles. The molecule has 0 saturated carbocycles. The Morgan fingerprint density at radius 1 is 0.544 bits per heavy atom. The molecule has 9 aromatic rings. The summed E-state index contributed by atoms with van der Waals surface area (Å²) in [6.45, 7) is 14.3. The van der Waals surface area contributed by atoms with Gasteiger partial charge in [0.25, 0.3) is 0 Å². The lowest BCUT2D eigenvalue weighted by molar-refractivity contribution is 0.332. The maximum absolute atomic E-state index is 2.71. The second kappa shape index (κ2) is 11.6. The van der Waals surface area contributed by atoms with E-state index in [1.807, 2.05) is 22.7 Å². The average Bonchev–Trinajstić information content (AvgIpc) is 3.78. The van der Waals surface area contributed by atoms with E-state index >= 15 is 0 Å². The number of benzene rings is 7. The molecule has 7 aromatic carbocycles. The first-order valence-corrected chi connectivity index (χ1v) is 22.1. The molecule has 0 unspecified atom stereocenters. The monoisotopic (exact) mass is 770 g/mol. The molecule has 57 heavy (non-hydrogen) atoms. The van der Waals surface area contributed by atoms with Gasteiger partial charge in [-0.3, -0.25) is 0 Å². The zero-order chi connectivity index (χ0) is 38.5. The minimum absolute atomic E-state index is 0.0302. The van der Waals surface area contributed by atoms with Crippen LogP contribution in [0.4, 0.5) is 27.8 Å². The van der Waals surface area contributed by atoms with Crippen molar-refractivity contribution in [3.8, 4) is 11.1 Å². The van der Waals surface area contributed by atoms with E-state index in [0.717, 1.165) is 0 Å². The van der Waals surface area contributed by atoms with Crippen LogP contribution in [0.3, 0.4) is 0 Å². The lowest BCUT2D eigenvalue weighted by atomic mass is 9.43. The Hall–Kier alpha value is -5.36. The molecule has 2 nitrogen and oxygen atoms in total. The van der Waals surface area contributed by atoms with Gasteiger partial charge in [0.05, 0.1) is 16.4 Å². The van der Waals surface area contributed by atoms with Crippen molar-refractivity contribution >= 4 is 109 Å². The Morgan fingerprint density at radius 2 is 1.19 bits per heavy atom. The van der Waals surface area contributed by atoms with E-state index in [9.17, 15) is 0 Å². The molecule has 0 saturated heterocycles. The van der Waals surface area contributed by atoms with Gasteiger partial charge in [0.15, 0.2) is 0 Å². The highest BCUT2D eigenvalue weighted by molar-refractivity contribution is 7.26. The topological polar surface area (TPSA) is 6.48 Å². The molecule has 276 valence electrons. The molecule has 4 heterocycles. The molecular weight excluding hydrogens is 728 g/mol. The third kappa shape index (κ3) is 4.64. The van der Waals surface area contributed by atoms with Gasteiger partial charge < -0.3 is 9.71 Å². The Labute approximate surface area is 343 Å². The van der Waals surface area contributed by atoms with E-state index < -0.39 is 0 Å². The first-order chi connectivity index (χ1) is 27.6. The van der Waals surface area contributed by atoms with E-state index in [-0.39, 0.29) is 17.7 Å². The van der Waals surface area contributed by atoms with Gasteiger partial charge in [-0.25, -0.2) is 0 Å². The smallest absolute Gasteiger partial charge is 0.334 e. The van der Waals surface area contributed by atoms with Crippen LogP contribution in [0.15, 0.2) is 127 Å². The van der Waals surface area contributed by atoms with Crippen molar-refractivity contribution in [1.29, 1.82) is 0 Å². The normalized spacial score (nSPS) is 16.3. The van der Waals surface area contributed by atoms with Gasteiger partial charge in [-0.05, 0) is 130 Å². The molecule has 1 aliphatic carbocycles. The molecule has 0 N–H and O–H groups in total. The van der Waals surface area contributed by atoms with Crippen LogP contribution in [0.2, 0.25) is 0 Å². The molecule has 0 spiro atoms. The van der Waals surface area contributed by atoms with Gasteiger partial charge in [0.1, 0.15) is 0 Å². The highest BCUT2D eigenvalue weighted by Gasteiger charge is 2.48. The largest absolute Gasteiger partial charge is 0.376 e. The fourth-order valence-corrected chi connectivity index (χ4v) is 12.9. The van der Waals surface area contributed by atoms with Crippen LogP contribution >= 0.6 is 22.7 Å². The maximum Gasteiger partial charge on any atom is 0.334 e. The van der Waals surface area contributed by atoms with Crippen LogP contribution in [-0.2, 0) is 10.8 Å². The molecule has 3 aliphatic rings. The lowest BCUT2D eigenvalue weighted by Crippen LogP contribution is -2.61. The Balaban J connectivity index is 1.26. The molecule has 0 radical (unpaired) electrons. The molecule has 0 fully saturated rings. The number of fused-ring (bicyclic) bond motifs is 12. The van der Waals surface area contributed by atoms with Crippen molar-refractivity contribution in [3.63, 3.8) is 0 Å². The fourth-order valence-electron chi connectivity index (χ4n) is 10.6. The van der Waals surface area contributed by atoms with Gasteiger partial charge in [-0.1, -0.05) is 112 Å². The van der Waals surface area contributed by atoms with Gasteiger partial charge in [-0.2, -0.15) is 0 Å². The standard InChI is InChI=1S/C52H43BN2S2/c1-30-19-21-33(22-20-30)55-43-29-46-38(35-15-9-11-17-44(35)56-46)27-37(43)39-26-32-13-7-8-14-34(32)49-47(39)53(55)48-36-16-10-12-18-45(36)57-50(48)54(49)42-28-41-40(25-31(42)2)51(3,4)23-24-52(41,5)6/h7-22,25-29H,23-24H2,1-6H3. The Kier molecular flexibility index (Phi) is 6.88. The van der Waals surface area contributed by atoms with Crippen molar-refractivity contribution in [2.75, 3.05) is 9.71 Å². The SMILES string of the molecule is Cc1ccc(N2B3c4c(cc5ccccc5c4N(c4cc5c(cc4C)C(C)(C)CCC5(C)C)c4sc5ccccc5c43)-c3cc4c(cc32)sc2ccccc24)cc1. The van der Waals surface area contributed by atoms with Crippen molar-refractivity contribution < 1.29 is 0 Å². The summed E-state index contributed by atoms with van der Waals surface area (Å²) in [5.41, 5.74) is 16.4. The number of aryl methyl sites for hydroxylation is 2. The van der Waals surface area contributed by atoms with Crippen molar-refractivity contribution in [2.45, 2.75) is 65.2 Å². The summed E-state index contributed by atoms with van der Waals surface area (Å²) in [7, 11) is 0. The van der Waals surface area contributed by atoms with Crippen LogP contribution in [-0.4, -0.2) is 6.85 Å². The third-order valence-corrected chi connectivity index (χ3v) is 16.0. The zero-order valence-corrected chi connectivity index (χ0v) is 35.0. The van der Waals surface area contributed by atoms with Crippen LogP contribution in [0.1, 0.15) is 62.8 Å². The van der Waals surface area contributed by atoms with Gasteiger partial charge in [0.2, 0.25) is 0 Å². The van der Waals surface area contributed by atoms with Gasteiger partial charge >= 0.3 is 6.85 Å². The predicted molar refractivity (Wildman–Crippen MR) is 251 cm³/mol. The van der Waals surface area contributed by atoms with Crippen LogP contribution in [0, 0.1) is 13.8 Å². The van der Waals surface area contributed by atoms with Crippen molar-refractivity contribution in [1.82, 2.24) is 0 Å². The average molecular weight is 771 g/mol. The summed E-state index contributed by atoms with van der Waals surface area (Å²) >= 11 is 3.87. The van der Waals surface area contributed by atoms with E-state index in [1.165, 1.54) is 126 Å². The minimum atomic E-state index is -0.0302. The summed E-state index contributed by atoms with van der Waals surface area (Å²) in [4.78, 5) is 5.40. The molecule has 5 heteroatoms. The van der Waals surface area contributed by atoms with Crippen LogP contribution in [0.25, 0.3) is 52.2 Å². The second-order valence-corrected chi connectivity index (χ2v) is 20.2. The number of hydrogen-bond acceptors (Lipinski definition) is 4. The highest BCUT2D eigenvalue weighted by atomic mass is 32.1. The summed E-state index contributed by atoms with van der Waals surface area (Å²) < 4.78 is 4.00. The van der Waals surface area contributed by atoms with E-state index in [2.05, 4.69) is 179 Å². The van der Waals surface area contributed by atoms with E-state index in [0.29, 0.717) is 0 Å². The van der Waals surface area contributed by atoms with Crippen molar-refractivity contribution in [2.24, 2.45) is 0 Å². The molecule has 2 aromatic heterocycles. The Bertz CT molecular complexity index is 3180. The molecule has 0 atom stereocenters. The maximum atomic E-state index is 2.71. The number of thiophene rings is 2. The summed E-state index contributed by atoms with van der Waals surface area (Å²) in [5, 5.41) is 7.93.